The van der Waals surface area contributed by atoms with E-state index in [-0.39, 0.29) is 11.8 Å². The van der Waals surface area contributed by atoms with Crippen LogP contribution in [0.1, 0.15) is 127 Å². The Bertz CT molecular complexity index is 905. The Morgan fingerprint density at radius 2 is 1.39 bits per heavy atom. The summed E-state index contributed by atoms with van der Waals surface area (Å²) in [6.45, 7) is 8.47. The zero-order chi connectivity index (χ0) is 23.4. The van der Waals surface area contributed by atoms with Crippen LogP contribution < -0.4 is 5.32 Å². The number of nitrogens with one attached hydrogen (secondary N) is 1. The van der Waals surface area contributed by atoms with Gasteiger partial charge in [0.1, 0.15) is 11.6 Å². The second kappa shape index (κ2) is 11.1. The molecule has 180 valence electrons. The van der Waals surface area contributed by atoms with E-state index < -0.39 is 0 Å². The minimum atomic E-state index is 0.234. The maximum absolute atomic E-state index is 10.8. The van der Waals surface area contributed by atoms with E-state index in [9.17, 15) is 5.11 Å². The van der Waals surface area contributed by atoms with Crippen LogP contribution in [0, 0.1) is 0 Å². The number of anilines is 2. The van der Waals surface area contributed by atoms with Gasteiger partial charge in [-0.25, -0.2) is 4.98 Å². The van der Waals surface area contributed by atoms with E-state index in [1.807, 2.05) is 23.9 Å². The highest BCUT2D eigenvalue weighted by atomic mass is 32.2. The SMILES string of the molecule is CC(C)c1cc(Nc2nc(SC3CCCCC3)nc(C3CCCCC3)n2)cc(C(C)C)c1O. The Morgan fingerprint density at radius 3 is 1.97 bits per heavy atom. The molecule has 0 amide bonds. The second-order valence-corrected chi connectivity index (χ2v) is 11.7. The van der Waals surface area contributed by atoms with Crippen molar-refractivity contribution in [1.82, 2.24) is 15.0 Å². The molecule has 0 saturated heterocycles. The molecule has 2 fully saturated rings. The van der Waals surface area contributed by atoms with Crippen molar-refractivity contribution >= 4 is 23.4 Å². The molecule has 5 nitrogen and oxygen atoms in total. The largest absolute Gasteiger partial charge is 0.507 e. The standard InChI is InChI=1S/C27H40N4OS/c1-17(2)22-15-20(16-23(18(3)4)24(22)32)28-26-29-25(19-11-7-5-8-12-19)30-27(31-26)33-21-13-9-6-10-14-21/h15-19,21,32H,5-14H2,1-4H3,(H,28,29,30,31). The molecule has 2 aromatic rings. The Balaban J connectivity index is 1.66. The highest BCUT2D eigenvalue weighted by Gasteiger charge is 2.23. The highest BCUT2D eigenvalue weighted by Crippen LogP contribution is 2.38. The molecule has 0 unspecified atom stereocenters. The van der Waals surface area contributed by atoms with Gasteiger partial charge in [0, 0.05) is 16.9 Å². The van der Waals surface area contributed by atoms with Gasteiger partial charge >= 0.3 is 0 Å². The van der Waals surface area contributed by atoms with E-state index in [1.54, 1.807) is 0 Å². The predicted octanol–water partition coefficient (Wildman–Crippen LogP) is 8.04. The van der Waals surface area contributed by atoms with E-state index >= 15 is 0 Å². The average Bonchev–Trinajstić information content (AvgIpc) is 2.81. The molecular formula is C27H40N4OS. The fourth-order valence-corrected chi connectivity index (χ4v) is 6.27. The number of rotatable bonds is 7. The first-order chi connectivity index (χ1) is 15.9. The van der Waals surface area contributed by atoms with Gasteiger partial charge in [-0.15, -0.1) is 0 Å². The normalized spacial score (nSPS) is 18.2. The molecule has 0 radical (unpaired) electrons. The van der Waals surface area contributed by atoms with E-state index in [0.717, 1.165) is 27.8 Å². The second-order valence-electron chi connectivity index (χ2n) is 10.5. The van der Waals surface area contributed by atoms with Crippen LogP contribution in [0.4, 0.5) is 11.6 Å². The van der Waals surface area contributed by atoms with E-state index in [4.69, 9.17) is 15.0 Å². The van der Waals surface area contributed by atoms with Gasteiger partial charge in [0.2, 0.25) is 5.95 Å². The third-order valence-corrected chi connectivity index (χ3v) is 8.29. The fraction of sp³-hybridized carbons (Fsp3) is 0.667. The lowest BCUT2D eigenvalue weighted by atomic mass is 9.89. The number of nitrogens with zero attached hydrogens (tertiary/aromatic N) is 3. The van der Waals surface area contributed by atoms with Crippen LogP contribution >= 0.6 is 11.8 Å². The minimum absolute atomic E-state index is 0.234. The molecule has 0 bridgehead atoms. The number of hydrogen-bond donors (Lipinski definition) is 2. The first kappa shape index (κ1) is 24.3. The number of phenolic OH excluding ortho intramolecular Hbond substituents is 1. The lowest BCUT2D eigenvalue weighted by molar-refractivity contribution is 0.425. The fourth-order valence-electron chi connectivity index (χ4n) is 5.12. The number of hydrogen-bond acceptors (Lipinski definition) is 6. The number of aromatic nitrogens is 3. The summed E-state index contributed by atoms with van der Waals surface area (Å²) in [7, 11) is 0. The van der Waals surface area contributed by atoms with Gasteiger partial charge in [0.25, 0.3) is 0 Å². The van der Waals surface area contributed by atoms with Gasteiger partial charge in [0.15, 0.2) is 5.16 Å². The van der Waals surface area contributed by atoms with Crippen molar-refractivity contribution in [3.8, 4) is 5.75 Å². The van der Waals surface area contributed by atoms with Gasteiger partial charge in [-0.05, 0) is 60.8 Å². The topological polar surface area (TPSA) is 70.9 Å². The molecule has 4 rings (SSSR count). The first-order valence-corrected chi connectivity index (χ1v) is 13.8. The van der Waals surface area contributed by atoms with Crippen LogP contribution in [0.3, 0.4) is 0 Å². The molecule has 0 atom stereocenters. The Hall–Kier alpha value is -1.82. The molecule has 1 aromatic heterocycles. The smallest absolute Gasteiger partial charge is 0.231 e. The molecule has 2 aliphatic rings. The molecule has 2 aliphatic carbocycles. The molecule has 33 heavy (non-hydrogen) atoms. The van der Waals surface area contributed by atoms with Crippen LogP contribution in [0.15, 0.2) is 17.3 Å². The van der Waals surface area contributed by atoms with Crippen molar-refractivity contribution < 1.29 is 5.11 Å². The lowest BCUT2D eigenvalue weighted by Gasteiger charge is -2.23. The molecule has 1 heterocycles. The monoisotopic (exact) mass is 468 g/mol. The number of aromatic hydroxyl groups is 1. The summed E-state index contributed by atoms with van der Waals surface area (Å²) in [6.07, 6.45) is 12.7. The Labute approximate surface area is 203 Å². The summed E-state index contributed by atoms with van der Waals surface area (Å²) < 4.78 is 0. The molecule has 1 aromatic carbocycles. The van der Waals surface area contributed by atoms with Crippen LogP contribution in [0.2, 0.25) is 0 Å². The molecule has 0 spiro atoms. The van der Waals surface area contributed by atoms with Gasteiger partial charge in [-0.2, -0.15) is 9.97 Å². The van der Waals surface area contributed by atoms with Crippen molar-refractivity contribution in [3.05, 3.63) is 29.1 Å². The van der Waals surface area contributed by atoms with Crippen molar-refractivity contribution in [3.63, 3.8) is 0 Å². The van der Waals surface area contributed by atoms with Crippen LogP contribution in [0.25, 0.3) is 0 Å². The van der Waals surface area contributed by atoms with Crippen molar-refractivity contribution in [2.75, 3.05) is 5.32 Å². The molecule has 6 heteroatoms. The van der Waals surface area contributed by atoms with Crippen LogP contribution in [-0.4, -0.2) is 25.3 Å². The van der Waals surface area contributed by atoms with Crippen LogP contribution in [-0.2, 0) is 0 Å². The quantitative estimate of drug-likeness (QED) is 0.401. The first-order valence-electron chi connectivity index (χ1n) is 13.0. The maximum Gasteiger partial charge on any atom is 0.231 e. The molecular weight excluding hydrogens is 428 g/mol. The zero-order valence-corrected chi connectivity index (χ0v) is 21.5. The van der Waals surface area contributed by atoms with Crippen molar-refractivity contribution in [2.24, 2.45) is 0 Å². The summed E-state index contributed by atoms with van der Waals surface area (Å²) in [5.74, 6) is 2.91. The molecule has 0 aliphatic heterocycles. The van der Waals surface area contributed by atoms with E-state index in [0.29, 0.717) is 22.9 Å². The third-order valence-electron chi connectivity index (χ3n) is 7.10. The molecule has 2 saturated carbocycles. The van der Waals surface area contributed by atoms with Gasteiger partial charge in [0.05, 0.1) is 0 Å². The Morgan fingerprint density at radius 1 is 0.818 bits per heavy atom. The van der Waals surface area contributed by atoms with Gasteiger partial charge < -0.3 is 10.4 Å². The highest BCUT2D eigenvalue weighted by molar-refractivity contribution is 7.99. The molecule has 2 N–H and O–H groups in total. The van der Waals surface area contributed by atoms with Gasteiger partial charge in [-0.1, -0.05) is 78.0 Å². The maximum atomic E-state index is 10.8. The number of benzene rings is 1. The zero-order valence-electron chi connectivity index (χ0n) is 20.7. The summed E-state index contributed by atoms with van der Waals surface area (Å²) in [4.78, 5) is 14.7. The van der Waals surface area contributed by atoms with Crippen molar-refractivity contribution in [2.45, 2.75) is 120 Å². The van der Waals surface area contributed by atoms with Crippen molar-refractivity contribution in [1.29, 1.82) is 0 Å². The van der Waals surface area contributed by atoms with Gasteiger partial charge in [-0.3, -0.25) is 0 Å². The summed E-state index contributed by atoms with van der Waals surface area (Å²) >= 11 is 1.84. The van der Waals surface area contributed by atoms with E-state index in [1.165, 1.54) is 64.2 Å². The summed E-state index contributed by atoms with van der Waals surface area (Å²) in [5.41, 5.74) is 2.86. The summed E-state index contributed by atoms with van der Waals surface area (Å²) in [5, 5.41) is 15.8. The minimum Gasteiger partial charge on any atom is -0.507 e. The number of phenols is 1. The summed E-state index contributed by atoms with van der Waals surface area (Å²) in [6, 6.07) is 4.09. The predicted molar refractivity (Wildman–Crippen MR) is 138 cm³/mol. The Kier molecular flexibility index (Phi) is 8.15. The average molecular weight is 469 g/mol. The lowest BCUT2D eigenvalue weighted by Crippen LogP contribution is -2.14. The number of thioether (sulfide) groups is 1. The van der Waals surface area contributed by atoms with Crippen LogP contribution in [0.5, 0.6) is 5.75 Å². The third kappa shape index (κ3) is 6.20. The van der Waals surface area contributed by atoms with E-state index in [2.05, 4.69) is 33.0 Å².